The van der Waals surface area contributed by atoms with Gasteiger partial charge in [-0.1, -0.05) is 0 Å². The lowest BCUT2D eigenvalue weighted by Gasteiger charge is -2.21. The van der Waals surface area contributed by atoms with Gasteiger partial charge < -0.3 is 10.2 Å². The van der Waals surface area contributed by atoms with Crippen molar-refractivity contribution in [1.82, 2.24) is 15.0 Å². The lowest BCUT2D eigenvalue weighted by atomic mass is 10.2. The van der Waals surface area contributed by atoms with E-state index in [0.717, 1.165) is 30.3 Å². The van der Waals surface area contributed by atoms with E-state index in [2.05, 4.69) is 32.1 Å². The van der Waals surface area contributed by atoms with E-state index >= 15 is 0 Å². The van der Waals surface area contributed by atoms with E-state index in [1.165, 1.54) is 5.56 Å². The van der Waals surface area contributed by atoms with Crippen molar-refractivity contribution in [3.05, 3.63) is 42.0 Å². The Labute approximate surface area is 113 Å². The summed E-state index contributed by atoms with van der Waals surface area (Å²) in [7, 11) is 2.03. The average Bonchev–Trinajstić information content (AvgIpc) is 2.42. The molecule has 0 aromatic carbocycles. The molecule has 1 N–H and O–H groups in total. The second kappa shape index (κ2) is 6.13. The second-order valence-corrected chi connectivity index (χ2v) is 4.41. The molecule has 2 aromatic rings. The first-order chi connectivity index (χ1) is 9.22. The van der Waals surface area contributed by atoms with Crippen molar-refractivity contribution in [3.8, 4) is 0 Å². The van der Waals surface area contributed by atoms with Crippen molar-refractivity contribution in [2.75, 3.05) is 23.8 Å². The summed E-state index contributed by atoms with van der Waals surface area (Å²) < 4.78 is 0. The Hall–Kier alpha value is -2.17. The minimum atomic E-state index is 0.798. The van der Waals surface area contributed by atoms with Crippen molar-refractivity contribution >= 4 is 11.6 Å². The van der Waals surface area contributed by atoms with E-state index in [1.54, 1.807) is 18.7 Å². The Morgan fingerprint density at radius 3 is 2.63 bits per heavy atom. The monoisotopic (exact) mass is 257 g/mol. The van der Waals surface area contributed by atoms with Gasteiger partial charge in [-0.15, -0.1) is 0 Å². The van der Waals surface area contributed by atoms with Gasteiger partial charge in [0.15, 0.2) is 0 Å². The molecule has 2 aromatic heterocycles. The summed E-state index contributed by atoms with van der Waals surface area (Å²) >= 11 is 0. The number of aromatic nitrogens is 3. The number of rotatable bonds is 5. The first kappa shape index (κ1) is 13.3. The van der Waals surface area contributed by atoms with Gasteiger partial charge in [0.2, 0.25) is 0 Å². The van der Waals surface area contributed by atoms with E-state index in [4.69, 9.17) is 0 Å². The average molecular weight is 257 g/mol. The third-order valence-corrected chi connectivity index (χ3v) is 2.93. The molecule has 2 rings (SSSR count). The predicted octanol–water partition coefficient (Wildman–Crippen LogP) is 2.25. The first-order valence-corrected chi connectivity index (χ1v) is 6.38. The van der Waals surface area contributed by atoms with Crippen LogP contribution in [0, 0.1) is 6.92 Å². The highest BCUT2D eigenvalue weighted by Gasteiger charge is 2.10. The van der Waals surface area contributed by atoms with Gasteiger partial charge >= 0.3 is 0 Å². The van der Waals surface area contributed by atoms with Crippen molar-refractivity contribution in [2.45, 2.75) is 20.4 Å². The summed E-state index contributed by atoms with van der Waals surface area (Å²) in [5.74, 6) is 1.84. The zero-order valence-corrected chi connectivity index (χ0v) is 11.6. The molecule has 0 saturated carbocycles. The van der Waals surface area contributed by atoms with E-state index in [9.17, 15) is 0 Å². The molecule has 0 fully saturated rings. The summed E-state index contributed by atoms with van der Waals surface area (Å²) in [5, 5.41) is 3.25. The Morgan fingerprint density at radius 2 is 1.95 bits per heavy atom. The summed E-state index contributed by atoms with van der Waals surface area (Å²) in [4.78, 5) is 14.8. The van der Waals surface area contributed by atoms with Crippen LogP contribution >= 0.6 is 0 Å². The van der Waals surface area contributed by atoms with Crippen LogP contribution < -0.4 is 10.2 Å². The molecule has 5 nitrogen and oxygen atoms in total. The van der Waals surface area contributed by atoms with Crippen molar-refractivity contribution < 1.29 is 0 Å². The number of hydrogen-bond acceptors (Lipinski definition) is 5. The van der Waals surface area contributed by atoms with Crippen LogP contribution in [0.2, 0.25) is 0 Å². The molecule has 0 unspecified atom stereocenters. The molecule has 5 heteroatoms. The van der Waals surface area contributed by atoms with Gasteiger partial charge in [-0.25, -0.2) is 9.97 Å². The van der Waals surface area contributed by atoms with Crippen molar-refractivity contribution in [3.63, 3.8) is 0 Å². The van der Waals surface area contributed by atoms with E-state index in [1.807, 2.05) is 26.1 Å². The molecule has 0 aliphatic carbocycles. The quantitative estimate of drug-likeness (QED) is 0.890. The van der Waals surface area contributed by atoms with Crippen LogP contribution in [-0.2, 0) is 6.54 Å². The van der Waals surface area contributed by atoms with Crippen LogP contribution in [0.5, 0.6) is 0 Å². The number of nitrogens with one attached hydrogen (secondary N) is 1. The van der Waals surface area contributed by atoms with Crippen LogP contribution in [-0.4, -0.2) is 28.5 Å². The molecular weight excluding hydrogens is 238 g/mol. The molecule has 0 saturated heterocycles. The lowest BCUT2D eigenvalue weighted by molar-refractivity contribution is 0.879. The molecule has 0 aliphatic heterocycles. The Bertz CT molecular complexity index is 527. The maximum absolute atomic E-state index is 4.38. The number of anilines is 2. The zero-order chi connectivity index (χ0) is 13.7. The minimum Gasteiger partial charge on any atom is -0.370 e. The summed E-state index contributed by atoms with van der Waals surface area (Å²) in [6, 6.07) is 4.02. The van der Waals surface area contributed by atoms with Crippen LogP contribution in [0.3, 0.4) is 0 Å². The number of nitrogens with zero attached hydrogens (tertiary/aromatic N) is 4. The van der Waals surface area contributed by atoms with Gasteiger partial charge in [-0.05, 0) is 31.5 Å². The molecule has 0 spiro atoms. The van der Waals surface area contributed by atoms with E-state index in [-0.39, 0.29) is 0 Å². The highest BCUT2D eigenvalue weighted by atomic mass is 15.2. The second-order valence-electron chi connectivity index (χ2n) is 4.41. The molecule has 0 atom stereocenters. The standard InChI is InChI=1S/C14H19N5/c1-4-16-13-11(2)14(18-10-17-13)19(3)9-12-5-7-15-8-6-12/h5-8,10H,4,9H2,1-3H3,(H,16,17,18). The largest absolute Gasteiger partial charge is 0.370 e. The fourth-order valence-corrected chi connectivity index (χ4v) is 2.01. The van der Waals surface area contributed by atoms with Crippen LogP contribution in [0.1, 0.15) is 18.1 Å². The number of hydrogen-bond donors (Lipinski definition) is 1. The Morgan fingerprint density at radius 1 is 1.21 bits per heavy atom. The van der Waals surface area contributed by atoms with E-state index < -0.39 is 0 Å². The Kier molecular flexibility index (Phi) is 4.28. The van der Waals surface area contributed by atoms with Crippen molar-refractivity contribution in [2.24, 2.45) is 0 Å². The topological polar surface area (TPSA) is 53.9 Å². The maximum atomic E-state index is 4.38. The van der Waals surface area contributed by atoms with Gasteiger partial charge in [-0.2, -0.15) is 0 Å². The van der Waals surface area contributed by atoms with Crippen LogP contribution in [0.25, 0.3) is 0 Å². The molecule has 100 valence electrons. The van der Waals surface area contributed by atoms with Gasteiger partial charge in [-0.3, -0.25) is 4.98 Å². The highest BCUT2D eigenvalue weighted by molar-refractivity contribution is 5.57. The SMILES string of the molecule is CCNc1ncnc(N(C)Cc2ccncc2)c1C. The van der Waals surface area contributed by atoms with Crippen LogP contribution in [0.15, 0.2) is 30.9 Å². The van der Waals surface area contributed by atoms with E-state index in [0.29, 0.717) is 0 Å². The summed E-state index contributed by atoms with van der Waals surface area (Å²) in [5.41, 5.74) is 2.28. The van der Waals surface area contributed by atoms with Crippen LogP contribution in [0.4, 0.5) is 11.6 Å². The fraction of sp³-hybridized carbons (Fsp3) is 0.357. The molecule has 0 amide bonds. The summed E-state index contributed by atoms with van der Waals surface area (Å²) in [6.45, 7) is 5.75. The molecule has 19 heavy (non-hydrogen) atoms. The smallest absolute Gasteiger partial charge is 0.137 e. The van der Waals surface area contributed by atoms with Gasteiger partial charge in [0.25, 0.3) is 0 Å². The lowest BCUT2D eigenvalue weighted by Crippen LogP contribution is -2.20. The zero-order valence-electron chi connectivity index (χ0n) is 11.6. The molecule has 2 heterocycles. The first-order valence-electron chi connectivity index (χ1n) is 6.38. The molecule has 0 bridgehead atoms. The Balaban J connectivity index is 2.19. The normalized spacial score (nSPS) is 10.3. The predicted molar refractivity (Wildman–Crippen MR) is 77.3 cm³/mol. The fourth-order valence-electron chi connectivity index (χ4n) is 2.01. The molecular formula is C14H19N5. The number of pyridine rings is 1. The molecule has 0 aliphatic rings. The highest BCUT2D eigenvalue weighted by Crippen LogP contribution is 2.22. The maximum Gasteiger partial charge on any atom is 0.137 e. The third-order valence-electron chi connectivity index (χ3n) is 2.93. The van der Waals surface area contributed by atoms with Gasteiger partial charge in [0.1, 0.15) is 18.0 Å². The van der Waals surface area contributed by atoms with Crippen molar-refractivity contribution in [1.29, 1.82) is 0 Å². The van der Waals surface area contributed by atoms with Gasteiger partial charge in [0, 0.05) is 38.1 Å². The minimum absolute atomic E-state index is 0.798. The molecule has 0 radical (unpaired) electrons. The summed E-state index contributed by atoms with van der Waals surface area (Å²) in [6.07, 6.45) is 5.21. The van der Waals surface area contributed by atoms with Gasteiger partial charge in [0.05, 0.1) is 0 Å². The third kappa shape index (κ3) is 3.19.